The van der Waals surface area contributed by atoms with Crippen LogP contribution in [0.4, 0.5) is 5.82 Å². The number of fused-ring (bicyclic) bond motifs is 1. The maximum absolute atomic E-state index is 13.9. The number of rotatable bonds is 5. The van der Waals surface area contributed by atoms with E-state index in [0.717, 1.165) is 54.0 Å². The van der Waals surface area contributed by atoms with Gasteiger partial charge in [0.2, 0.25) is 11.8 Å². The van der Waals surface area contributed by atoms with Gasteiger partial charge in [0.1, 0.15) is 12.4 Å². The third kappa shape index (κ3) is 5.10. The number of likely N-dealkylation sites (tertiary alicyclic amines) is 1. The highest BCUT2D eigenvalue weighted by Crippen LogP contribution is 2.50. The first kappa shape index (κ1) is 26.8. The van der Waals surface area contributed by atoms with Crippen LogP contribution >= 0.6 is 23.1 Å². The number of nitrogens with zero attached hydrogens (tertiary/aromatic N) is 4. The summed E-state index contributed by atoms with van der Waals surface area (Å²) in [5, 5.41) is 7.23. The number of hydrogen-bond acceptors (Lipinski definition) is 5. The molecular formula is C32H34N4O2S2. The summed E-state index contributed by atoms with van der Waals surface area (Å²) >= 11 is 3.35. The minimum absolute atomic E-state index is 0.000119. The minimum Gasteiger partial charge on any atom is -0.341 e. The molecule has 2 aliphatic rings. The van der Waals surface area contributed by atoms with E-state index in [1.54, 1.807) is 28.0 Å². The second-order valence-corrected chi connectivity index (χ2v) is 12.9. The molecule has 0 aliphatic carbocycles. The average molecular weight is 571 g/mol. The number of benzene rings is 2. The Morgan fingerprint density at radius 2 is 1.73 bits per heavy atom. The van der Waals surface area contributed by atoms with Gasteiger partial charge in [-0.3, -0.25) is 14.5 Å². The average Bonchev–Trinajstić information content (AvgIpc) is 3.54. The van der Waals surface area contributed by atoms with Crippen molar-refractivity contribution in [2.24, 2.45) is 5.92 Å². The monoisotopic (exact) mass is 570 g/mol. The summed E-state index contributed by atoms with van der Waals surface area (Å²) in [6, 6.07) is 20.5. The number of amides is 2. The van der Waals surface area contributed by atoms with Crippen molar-refractivity contribution in [1.82, 2.24) is 14.7 Å². The number of anilines is 1. The Kier molecular flexibility index (Phi) is 7.55. The fourth-order valence-corrected chi connectivity index (χ4v) is 8.02. The molecule has 2 aromatic heterocycles. The van der Waals surface area contributed by atoms with Crippen LogP contribution < -0.4 is 4.90 Å². The molecule has 1 fully saturated rings. The highest BCUT2D eigenvalue weighted by atomic mass is 32.2. The normalized spacial score (nSPS) is 18.1. The minimum atomic E-state index is -0.0794. The molecule has 40 heavy (non-hydrogen) atoms. The molecule has 4 heterocycles. The second-order valence-electron chi connectivity index (χ2n) is 10.9. The molecule has 4 aromatic rings. The summed E-state index contributed by atoms with van der Waals surface area (Å²) in [4.78, 5) is 32.5. The molecule has 8 heteroatoms. The first-order chi connectivity index (χ1) is 19.4. The Bertz CT molecular complexity index is 1520. The smallest absolute Gasteiger partial charge is 0.242 e. The van der Waals surface area contributed by atoms with E-state index >= 15 is 0 Å². The lowest BCUT2D eigenvalue weighted by molar-refractivity contribution is -0.132. The Morgan fingerprint density at radius 3 is 2.40 bits per heavy atom. The third-order valence-electron chi connectivity index (χ3n) is 7.98. The van der Waals surface area contributed by atoms with Gasteiger partial charge in [-0.2, -0.15) is 5.10 Å². The van der Waals surface area contributed by atoms with E-state index in [4.69, 9.17) is 5.10 Å². The lowest BCUT2D eigenvalue weighted by Gasteiger charge is -2.32. The summed E-state index contributed by atoms with van der Waals surface area (Å²) in [6.07, 6.45) is 2.00. The van der Waals surface area contributed by atoms with Crippen LogP contribution in [0, 0.1) is 19.8 Å². The summed E-state index contributed by atoms with van der Waals surface area (Å²) < 4.78 is 1.89. The number of aromatic nitrogens is 2. The van der Waals surface area contributed by atoms with Gasteiger partial charge >= 0.3 is 0 Å². The molecule has 0 saturated carbocycles. The Hall–Kier alpha value is -3.36. The molecule has 2 amide bonds. The van der Waals surface area contributed by atoms with E-state index in [2.05, 4.69) is 56.5 Å². The van der Waals surface area contributed by atoms with Crippen LogP contribution in [-0.2, 0) is 9.59 Å². The SMILES string of the molecule is Cc1ccc(-n2nc(-c3ccccc3)c3c2N(CC(=O)N2CCC(C)CC2)C(=O)CS[C@@H]3c2sccc2C)cc1. The van der Waals surface area contributed by atoms with E-state index < -0.39 is 0 Å². The van der Waals surface area contributed by atoms with Gasteiger partial charge in [0.25, 0.3) is 0 Å². The first-order valence-corrected chi connectivity index (χ1v) is 15.8. The van der Waals surface area contributed by atoms with E-state index in [1.807, 2.05) is 39.9 Å². The molecule has 0 bridgehead atoms. The predicted octanol–water partition coefficient (Wildman–Crippen LogP) is 6.65. The molecule has 206 valence electrons. The quantitative estimate of drug-likeness (QED) is 0.270. The van der Waals surface area contributed by atoms with Crippen molar-refractivity contribution in [1.29, 1.82) is 0 Å². The van der Waals surface area contributed by atoms with Crippen LogP contribution in [-0.4, -0.2) is 51.9 Å². The van der Waals surface area contributed by atoms with Crippen molar-refractivity contribution in [2.45, 2.75) is 38.9 Å². The fourth-order valence-electron chi connectivity index (χ4n) is 5.55. The molecule has 2 aliphatic heterocycles. The molecule has 0 spiro atoms. The van der Waals surface area contributed by atoms with Crippen LogP contribution in [0.15, 0.2) is 66.0 Å². The van der Waals surface area contributed by atoms with Gasteiger partial charge in [0, 0.05) is 29.1 Å². The van der Waals surface area contributed by atoms with Gasteiger partial charge < -0.3 is 4.90 Å². The van der Waals surface area contributed by atoms with Crippen molar-refractivity contribution in [2.75, 3.05) is 30.3 Å². The van der Waals surface area contributed by atoms with Gasteiger partial charge in [0.15, 0.2) is 0 Å². The van der Waals surface area contributed by atoms with Crippen molar-refractivity contribution in [3.63, 3.8) is 0 Å². The molecule has 2 aromatic carbocycles. The van der Waals surface area contributed by atoms with Crippen LogP contribution in [0.25, 0.3) is 16.9 Å². The van der Waals surface area contributed by atoms with Gasteiger partial charge in [-0.25, -0.2) is 4.68 Å². The highest BCUT2D eigenvalue weighted by Gasteiger charge is 2.39. The molecule has 0 unspecified atom stereocenters. The highest BCUT2D eigenvalue weighted by molar-refractivity contribution is 8.00. The number of aryl methyl sites for hydroxylation is 2. The first-order valence-electron chi connectivity index (χ1n) is 13.9. The predicted molar refractivity (Wildman–Crippen MR) is 164 cm³/mol. The molecule has 1 atom stereocenters. The number of thioether (sulfide) groups is 1. The number of carbonyl (C=O) groups excluding carboxylic acids is 2. The summed E-state index contributed by atoms with van der Waals surface area (Å²) in [7, 11) is 0. The number of carbonyl (C=O) groups is 2. The maximum atomic E-state index is 13.9. The van der Waals surface area contributed by atoms with Crippen LogP contribution in [0.3, 0.4) is 0 Å². The second kappa shape index (κ2) is 11.3. The lowest BCUT2D eigenvalue weighted by atomic mass is 9.99. The zero-order valence-electron chi connectivity index (χ0n) is 23.2. The zero-order chi connectivity index (χ0) is 27.8. The van der Waals surface area contributed by atoms with E-state index in [0.29, 0.717) is 17.5 Å². The lowest BCUT2D eigenvalue weighted by Crippen LogP contribution is -2.46. The number of hydrogen-bond donors (Lipinski definition) is 0. The van der Waals surface area contributed by atoms with Gasteiger partial charge in [-0.1, -0.05) is 55.0 Å². The Labute approximate surface area is 244 Å². The Balaban J connectivity index is 1.55. The topological polar surface area (TPSA) is 58.4 Å². The molecular weight excluding hydrogens is 537 g/mol. The molecule has 1 saturated heterocycles. The molecule has 6 rings (SSSR count). The van der Waals surface area contributed by atoms with Crippen molar-refractivity contribution in [3.05, 3.63) is 87.6 Å². The van der Waals surface area contributed by atoms with E-state index in [-0.39, 0.29) is 23.6 Å². The van der Waals surface area contributed by atoms with E-state index in [1.165, 1.54) is 10.4 Å². The number of piperidine rings is 1. The van der Waals surface area contributed by atoms with Gasteiger partial charge in [0.05, 0.1) is 22.4 Å². The summed E-state index contributed by atoms with van der Waals surface area (Å²) in [5.41, 5.74) is 6.06. The Morgan fingerprint density at radius 1 is 1.00 bits per heavy atom. The van der Waals surface area contributed by atoms with Crippen molar-refractivity contribution < 1.29 is 9.59 Å². The number of thiophene rings is 1. The molecule has 0 radical (unpaired) electrons. The van der Waals surface area contributed by atoms with Crippen molar-refractivity contribution >= 4 is 40.7 Å². The summed E-state index contributed by atoms with van der Waals surface area (Å²) in [6.45, 7) is 7.93. The van der Waals surface area contributed by atoms with Crippen LogP contribution in [0.5, 0.6) is 0 Å². The molecule has 0 N–H and O–H groups in total. The van der Waals surface area contributed by atoms with E-state index in [9.17, 15) is 9.59 Å². The third-order valence-corrected chi connectivity index (χ3v) is 10.4. The maximum Gasteiger partial charge on any atom is 0.242 e. The van der Waals surface area contributed by atoms with Gasteiger partial charge in [-0.05, 0) is 61.7 Å². The van der Waals surface area contributed by atoms with Crippen molar-refractivity contribution in [3.8, 4) is 16.9 Å². The van der Waals surface area contributed by atoms with Gasteiger partial charge in [-0.15, -0.1) is 23.1 Å². The zero-order valence-corrected chi connectivity index (χ0v) is 24.8. The fraction of sp³-hybridized carbons (Fsp3) is 0.344. The summed E-state index contributed by atoms with van der Waals surface area (Å²) in [5.74, 6) is 1.56. The largest absolute Gasteiger partial charge is 0.341 e. The van der Waals surface area contributed by atoms with Crippen LogP contribution in [0.2, 0.25) is 0 Å². The van der Waals surface area contributed by atoms with Crippen LogP contribution in [0.1, 0.15) is 46.6 Å². The standard InChI is InChI=1S/C32H34N4O2S2/c1-21-9-11-25(12-10-21)36-32-28(29(33-36)24-7-5-4-6-8-24)31(30-23(3)15-18-39-30)40-20-27(38)35(32)19-26(37)34-16-13-22(2)14-17-34/h4-12,15,18,22,31H,13-14,16-17,19-20H2,1-3H3/t31-/m0/s1. The molecule has 6 nitrogen and oxygen atoms in total.